The number of benzene rings is 1. The number of nitrogens with two attached hydrogens (primary N) is 1. The Morgan fingerprint density at radius 3 is 2.62 bits per heavy atom. The third-order valence-electron chi connectivity index (χ3n) is 4.75. The van der Waals surface area contributed by atoms with Crippen molar-refractivity contribution in [2.75, 3.05) is 18.9 Å². The van der Waals surface area contributed by atoms with Gasteiger partial charge in [0.25, 0.3) is 0 Å². The van der Waals surface area contributed by atoms with Crippen molar-refractivity contribution in [1.29, 1.82) is 0 Å². The van der Waals surface area contributed by atoms with Crippen molar-refractivity contribution < 1.29 is 24.8 Å². The predicted molar refractivity (Wildman–Crippen MR) is 103 cm³/mol. The molecule has 1 fully saturated rings. The van der Waals surface area contributed by atoms with E-state index in [9.17, 15) is 15.3 Å². The van der Waals surface area contributed by atoms with Crippen LogP contribution in [-0.2, 0) is 11.2 Å². The first-order valence-electron chi connectivity index (χ1n) is 8.97. The number of anilines is 1. The van der Waals surface area contributed by atoms with E-state index >= 15 is 0 Å². The SMILES string of the molecule is Nc1nc(OCCc2ccc(Cl)cc2)nc2c1ncn2[C@@H]1O[C@H](CO)[C@H](O)[C@@H]1O. The summed E-state index contributed by atoms with van der Waals surface area (Å²) in [5.41, 5.74) is 7.61. The van der Waals surface area contributed by atoms with Crippen molar-refractivity contribution in [1.82, 2.24) is 19.5 Å². The van der Waals surface area contributed by atoms with E-state index < -0.39 is 31.1 Å². The topological polar surface area (TPSA) is 149 Å². The third-order valence-corrected chi connectivity index (χ3v) is 5.01. The number of nitrogen functional groups attached to an aromatic ring is 1. The van der Waals surface area contributed by atoms with Gasteiger partial charge in [0, 0.05) is 11.4 Å². The van der Waals surface area contributed by atoms with Gasteiger partial charge in [0.2, 0.25) is 0 Å². The van der Waals surface area contributed by atoms with Gasteiger partial charge in [-0.3, -0.25) is 4.57 Å². The number of aliphatic hydroxyl groups excluding tert-OH is 3. The lowest BCUT2D eigenvalue weighted by Crippen LogP contribution is -2.33. The summed E-state index contributed by atoms with van der Waals surface area (Å²) >= 11 is 5.88. The molecule has 10 nitrogen and oxygen atoms in total. The highest BCUT2D eigenvalue weighted by Crippen LogP contribution is 2.32. The molecule has 4 atom stereocenters. The number of rotatable bonds is 6. The fourth-order valence-electron chi connectivity index (χ4n) is 3.19. The van der Waals surface area contributed by atoms with Crippen LogP contribution in [0.15, 0.2) is 30.6 Å². The molecule has 3 aromatic rings. The van der Waals surface area contributed by atoms with Crippen molar-refractivity contribution in [2.24, 2.45) is 0 Å². The second-order valence-corrected chi connectivity index (χ2v) is 7.11. The van der Waals surface area contributed by atoms with E-state index in [0.29, 0.717) is 23.6 Å². The minimum Gasteiger partial charge on any atom is -0.463 e. The Kier molecular flexibility index (Phi) is 5.52. The minimum absolute atomic E-state index is 0.0532. The largest absolute Gasteiger partial charge is 0.463 e. The first kappa shape index (κ1) is 19.8. The van der Waals surface area contributed by atoms with E-state index in [0.717, 1.165) is 5.56 Å². The molecule has 0 bridgehead atoms. The average molecular weight is 422 g/mol. The van der Waals surface area contributed by atoms with Gasteiger partial charge in [-0.2, -0.15) is 9.97 Å². The fraction of sp³-hybridized carbons (Fsp3) is 0.389. The van der Waals surface area contributed by atoms with Gasteiger partial charge in [0.1, 0.15) is 18.3 Å². The molecule has 154 valence electrons. The number of fused-ring (bicyclic) bond motifs is 1. The normalized spacial score (nSPS) is 24.3. The fourth-order valence-corrected chi connectivity index (χ4v) is 3.32. The molecule has 0 radical (unpaired) electrons. The first-order valence-corrected chi connectivity index (χ1v) is 9.35. The summed E-state index contributed by atoms with van der Waals surface area (Å²) in [6.07, 6.45) is -2.41. The molecular formula is C18H20ClN5O5. The molecule has 5 N–H and O–H groups in total. The smallest absolute Gasteiger partial charge is 0.320 e. The van der Waals surface area contributed by atoms with Gasteiger partial charge in [-0.25, -0.2) is 4.98 Å². The van der Waals surface area contributed by atoms with Gasteiger partial charge in [0.15, 0.2) is 23.2 Å². The monoisotopic (exact) mass is 421 g/mol. The third kappa shape index (κ3) is 3.85. The second kappa shape index (κ2) is 8.09. The molecular weight excluding hydrogens is 402 g/mol. The molecule has 0 spiro atoms. The number of imidazole rings is 1. The number of hydrogen-bond donors (Lipinski definition) is 4. The Bertz CT molecular complexity index is 998. The van der Waals surface area contributed by atoms with E-state index in [2.05, 4.69) is 15.0 Å². The zero-order chi connectivity index (χ0) is 20.5. The van der Waals surface area contributed by atoms with Gasteiger partial charge in [-0.15, -0.1) is 0 Å². The highest BCUT2D eigenvalue weighted by molar-refractivity contribution is 6.30. The molecule has 0 amide bonds. The second-order valence-electron chi connectivity index (χ2n) is 6.67. The molecule has 3 heterocycles. The van der Waals surface area contributed by atoms with Crippen LogP contribution < -0.4 is 10.5 Å². The van der Waals surface area contributed by atoms with Crippen molar-refractivity contribution in [3.05, 3.63) is 41.2 Å². The van der Waals surface area contributed by atoms with E-state index in [1.54, 1.807) is 12.1 Å². The maximum atomic E-state index is 10.3. The number of halogens is 1. The number of hydrogen-bond acceptors (Lipinski definition) is 9. The number of nitrogens with zero attached hydrogens (tertiary/aromatic N) is 4. The summed E-state index contributed by atoms with van der Waals surface area (Å²) in [4.78, 5) is 12.6. The Morgan fingerprint density at radius 1 is 1.17 bits per heavy atom. The molecule has 0 saturated carbocycles. The lowest BCUT2D eigenvalue weighted by molar-refractivity contribution is -0.0511. The molecule has 29 heavy (non-hydrogen) atoms. The highest BCUT2D eigenvalue weighted by atomic mass is 35.5. The van der Waals surface area contributed by atoms with Crippen LogP contribution in [0.2, 0.25) is 5.02 Å². The van der Waals surface area contributed by atoms with Crippen LogP contribution in [0, 0.1) is 0 Å². The van der Waals surface area contributed by atoms with Crippen LogP contribution >= 0.6 is 11.6 Å². The van der Waals surface area contributed by atoms with Crippen LogP contribution in [-0.4, -0.2) is 66.4 Å². The van der Waals surface area contributed by atoms with Crippen LogP contribution in [0.1, 0.15) is 11.8 Å². The molecule has 0 unspecified atom stereocenters. The quantitative estimate of drug-likeness (QED) is 0.440. The first-order chi connectivity index (χ1) is 14.0. The number of aliphatic hydroxyl groups is 3. The lowest BCUT2D eigenvalue weighted by atomic mass is 10.1. The van der Waals surface area contributed by atoms with Crippen molar-refractivity contribution in [3.63, 3.8) is 0 Å². The van der Waals surface area contributed by atoms with Crippen LogP contribution in [0.4, 0.5) is 5.82 Å². The van der Waals surface area contributed by atoms with Gasteiger partial charge < -0.3 is 30.5 Å². The standard InChI is InChI=1S/C18H20ClN5O5/c19-10-3-1-9(2-4-10)5-6-28-18-22-15(20)12-16(23-18)24(8-21-12)17-14(27)13(26)11(7-25)29-17/h1-4,8,11,13-14,17,25-27H,5-7H2,(H2,20,22,23)/t11-,13+,14+,17-/m1/s1. The molecule has 11 heteroatoms. The number of ether oxygens (including phenoxy) is 2. The molecule has 0 aliphatic carbocycles. The molecule has 1 aromatic carbocycles. The Labute approximate surface area is 170 Å². The zero-order valence-corrected chi connectivity index (χ0v) is 16.0. The average Bonchev–Trinajstić information content (AvgIpc) is 3.25. The summed E-state index contributed by atoms with van der Waals surface area (Å²) in [5.74, 6) is 0.113. The molecule has 4 rings (SSSR count). The van der Waals surface area contributed by atoms with Gasteiger partial charge in [-0.1, -0.05) is 23.7 Å². The molecule has 1 aliphatic rings. The Hall–Kier alpha value is -2.50. The van der Waals surface area contributed by atoms with Crippen molar-refractivity contribution >= 4 is 28.6 Å². The summed E-state index contributed by atoms with van der Waals surface area (Å²) in [5, 5.41) is 30.2. The number of aromatic nitrogens is 4. The zero-order valence-electron chi connectivity index (χ0n) is 15.2. The van der Waals surface area contributed by atoms with Gasteiger partial charge in [-0.05, 0) is 17.7 Å². The summed E-state index contributed by atoms with van der Waals surface area (Å²) in [7, 11) is 0. The van der Waals surface area contributed by atoms with Gasteiger partial charge in [0.05, 0.1) is 19.5 Å². The maximum absolute atomic E-state index is 10.3. The van der Waals surface area contributed by atoms with E-state index in [1.807, 2.05) is 12.1 Å². The van der Waals surface area contributed by atoms with Crippen molar-refractivity contribution in [2.45, 2.75) is 31.0 Å². The lowest BCUT2D eigenvalue weighted by Gasteiger charge is -2.16. The van der Waals surface area contributed by atoms with E-state index in [-0.39, 0.29) is 17.5 Å². The van der Waals surface area contributed by atoms with E-state index in [4.69, 9.17) is 26.8 Å². The van der Waals surface area contributed by atoms with Crippen molar-refractivity contribution in [3.8, 4) is 6.01 Å². The summed E-state index contributed by atoms with van der Waals surface area (Å²) < 4.78 is 12.6. The molecule has 1 aliphatic heterocycles. The predicted octanol–water partition coefficient (Wildman–Crippen LogP) is 0.295. The minimum atomic E-state index is -1.27. The highest BCUT2D eigenvalue weighted by Gasteiger charge is 2.44. The van der Waals surface area contributed by atoms with Crippen LogP contribution in [0.3, 0.4) is 0 Å². The molecule has 1 saturated heterocycles. The Balaban J connectivity index is 1.54. The summed E-state index contributed by atoms with van der Waals surface area (Å²) in [6, 6.07) is 7.47. The van der Waals surface area contributed by atoms with Crippen LogP contribution in [0.5, 0.6) is 6.01 Å². The maximum Gasteiger partial charge on any atom is 0.320 e. The van der Waals surface area contributed by atoms with Gasteiger partial charge >= 0.3 is 6.01 Å². The van der Waals surface area contributed by atoms with Crippen LogP contribution in [0.25, 0.3) is 11.2 Å². The molecule has 2 aromatic heterocycles. The Morgan fingerprint density at radius 2 is 1.93 bits per heavy atom. The summed E-state index contributed by atoms with van der Waals surface area (Å²) in [6.45, 7) is -0.119. The van der Waals surface area contributed by atoms with E-state index in [1.165, 1.54) is 10.9 Å².